The van der Waals surface area contributed by atoms with Crippen LogP contribution in [0, 0.1) is 0 Å². The largest absolute Gasteiger partial charge is 0.271 e. The van der Waals surface area contributed by atoms with Gasteiger partial charge in [-0.3, -0.25) is 11.3 Å². The molecule has 10 heavy (non-hydrogen) atoms. The Kier molecular flexibility index (Phi) is 8.37. The molecule has 0 radical (unpaired) electrons. The van der Waals surface area contributed by atoms with Gasteiger partial charge in [0.2, 0.25) is 0 Å². The van der Waals surface area contributed by atoms with Gasteiger partial charge in [0.25, 0.3) is 0 Å². The van der Waals surface area contributed by atoms with Crippen molar-refractivity contribution in [3.63, 3.8) is 0 Å². The minimum atomic E-state index is 0.940. The summed E-state index contributed by atoms with van der Waals surface area (Å²) in [5.74, 6) is 5.11. The molecular weight excluding hydrogens is 124 g/mol. The van der Waals surface area contributed by atoms with Gasteiger partial charge in [-0.1, -0.05) is 18.6 Å². The summed E-state index contributed by atoms with van der Waals surface area (Å²) in [5.41, 5.74) is 2.64. The number of allylic oxidation sites excluding steroid dienone is 2. The third kappa shape index (κ3) is 7.66. The third-order valence-electron chi connectivity index (χ3n) is 1.43. The number of unbranched alkanes of at least 4 members (excludes halogenated alkanes) is 3. The summed E-state index contributed by atoms with van der Waals surface area (Å²) in [6, 6.07) is 0. The summed E-state index contributed by atoms with van der Waals surface area (Å²) in [5, 5.41) is 0. The Balaban J connectivity index is 2.77. The van der Waals surface area contributed by atoms with E-state index in [-0.39, 0.29) is 0 Å². The first-order chi connectivity index (χ1) is 4.91. The lowest BCUT2D eigenvalue weighted by Gasteiger charge is -1.96. The fraction of sp³-hybridized carbons (Fsp3) is 0.750. The summed E-state index contributed by atoms with van der Waals surface area (Å²) >= 11 is 0. The molecule has 2 heteroatoms. The van der Waals surface area contributed by atoms with E-state index < -0.39 is 0 Å². The van der Waals surface area contributed by atoms with Crippen molar-refractivity contribution in [2.24, 2.45) is 5.84 Å². The Labute approximate surface area is 63.5 Å². The molecule has 0 spiro atoms. The zero-order valence-electron chi connectivity index (χ0n) is 6.77. The molecule has 0 unspecified atom stereocenters. The molecule has 0 amide bonds. The van der Waals surface area contributed by atoms with E-state index in [1.165, 1.54) is 25.7 Å². The number of nitrogens with two attached hydrogens (primary N) is 1. The summed E-state index contributed by atoms with van der Waals surface area (Å²) in [6.07, 6.45) is 9.26. The van der Waals surface area contributed by atoms with Crippen LogP contribution >= 0.6 is 0 Å². The predicted molar refractivity (Wildman–Crippen MR) is 45.5 cm³/mol. The van der Waals surface area contributed by atoms with Gasteiger partial charge in [-0.2, -0.15) is 0 Å². The van der Waals surface area contributed by atoms with Gasteiger partial charge in [0.15, 0.2) is 0 Å². The van der Waals surface area contributed by atoms with Crippen molar-refractivity contribution in [2.75, 3.05) is 6.54 Å². The molecule has 60 valence electrons. The SMILES string of the molecule is CC=CCCCCCNN. The van der Waals surface area contributed by atoms with Crippen LogP contribution < -0.4 is 11.3 Å². The molecule has 0 saturated heterocycles. The van der Waals surface area contributed by atoms with E-state index in [2.05, 4.69) is 24.5 Å². The molecule has 0 atom stereocenters. The van der Waals surface area contributed by atoms with E-state index in [1.807, 2.05) is 0 Å². The fourth-order valence-corrected chi connectivity index (χ4v) is 0.833. The molecule has 0 heterocycles. The first-order valence-corrected chi connectivity index (χ1v) is 3.96. The monoisotopic (exact) mass is 142 g/mol. The lowest BCUT2D eigenvalue weighted by Crippen LogP contribution is -2.22. The Morgan fingerprint density at radius 2 is 2.10 bits per heavy atom. The molecule has 0 aromatic rings. The van der Waals surface area contributed by atoms with Crippen LogP contribution in [0.5, 0.6) is 0 Å². The number of rotatable bonds is 6. The number of hydrogen-bond acceptors (Lipinski definition) is 2. The fourth-order valence-electron chi connectivity index (χ4n) is 0.833. The van der Waals surface area contributed by atoms with Crippen LogP contribution in [0.4, 0.5) is 0 Å². The smallest absolute Gasteiger partial charge is 0.00974 e. The zero-order valence-corrected chi connectivity index (χ0v) is 6.77. The highest BCUT2D eigenvalue weighted by Crippen LogP contribution is 1.98. The van der Waals surface area contributed by atoms with E-state index in [0.29, 0.717) is 0 Å². The minimum absolute atomic E-state index is 0.940. The molecule has 0 aromatic heterocycles. The maximum atomic E-state index is 5.11. The highest BCUT2D eigenvalue weighted by atomic mass is 15.2. The molecule has 0 fully saturated rings. The average molecular weight is 142 g/mol. The van der Waals surface area contributed by atoms with E-state index in [9.17, 15) is 0 Å². The maximum absolute atomic E-state index is 5.11. The molecule has 2 nitrogen and oxygen atoms in total. The van der Waals surface area contributed by atoms with E-state index >= 15 is 0 Å². The van der Waals surface area contributed by atoms with Crippen molar-refractivity contribution >= 4 is 0 Å². The standard InChI is InChI=1S/C8H18N2/c1-2-3-4-5-6-7-8-10-9/h2-3,10H,4-9H2,1H3. The van der Waals surface area contributed by atoms with E-state index in [4.69, 9.17) is 5.84 Å². The molecule has 0 rings (SSSR count). The topological polar surface area (TPSA) is 38.0 Å². The Morgan fingerprint density at radius 1 is 1.30 bits per heavy atom. The first kappa shape index (κ1) is 9.66. The van der Waals surface area contributed by atoms with Crippen LogP contribution in [-0.4, -0.2) is 6.54 Å². The highest BCUT2D eigenvalue weighted by Gasteiger charge is 1.84. The van der Waals surface area contributed by atoms with Gasteiger partial charge in [-0.05, 0) is 26.2 Å². The van der Waals surface area contributed by atoms with Crippen LogP contribution in [0.1, 0.15) is 32.6 Å². The molecule has 0 aromatic carbocycles. The number of hydrazine groups is 1. The van der Waals surface area contributed by atoms with Crippen molar-refractivity contribution in [2.45, 2.75) is 32.6 Å². The molecule has 0 aliphatic heterocycles. The number of hydrogen-bond donors (Lipinski definition) is 2. The lowest BCUT2D eigenvalue weighted by atomic mass is 10.2. The van der Waals surface area contributed by atoms with Crippen LogP contribution in [-0.2, 0) is 0 Å². The maximum Gasteiger partial charge on any atom is 0.00974 e. The van der Waals surface area contributed by atoms with Gasteiger partial charge in [0.05, 0.1) is 0 Å². The first-order valence-electron chi connectivity index (χ1n) is 3.96. The third-order valence-corrected chi connectivity index (χ3v) is 1.43. The molecule has 0 aliphatic rings. The summed E-state index contributed by atoms with van der Waals surface area (Å²) in [4.78, 5) is 0. The lowest BCUT2D eigenvalue weighted by molar-refractivity contribution is 0.623. The van der Waals surface area contributed by atoms with Gasteiger partial charge in [0.1, 0.15) is 0 Å². The Hall–Kier alpha value is -0.340. The summed E-state index contributed by atoms with van der Waals surface area (Å²) < 4.78 is 0. The second-order valence-corrected chi connectivity index (χ2v) is 2.37. The molecule has 3 N–H and O–H groups in total. The van der Waals surface area contributed by atoms with E-state index in [1.54, 1.807) is 0 Å². The Bertz CT molecular complexity index is 79.3. The van der Waals surface area contributed by atoms with E-state index in [0.717, 1.165) is 6.54 Å². The van der Waals surface area contributed by atoms with Crippen LogP contribution in [0.25, 0.3) is 0 Å². The average Bonchev–Trinajstić information content (AvgIpc) is 1.97. The van der Waals surface area contributed by atoms with Gasteiger partial charge < -0.3 is 0 Å². The highest BCUT2D eigenvalue weighted by molar-refractivity contribution is 4.76. The van der Waals surface area contributed by atoms with Crippen molar-refractivity contribution in [3.8, 4) is 0 Å². The predicted octanol–water partition coefficient (Wildman–Crippen LogP) is 1.59. The summed E-state index contributed by atoms with van der Waals surface area (Å²) in [7, 11) is 0. The second-order valence-electron chi connectivity index (χ2n) is 2.37. The molecule has 0 saturated carbocycles. The van der Waals surface area contributed by atoms with Crippen LogP contribution in [0.15, 0.2) is 12.2 Å². The molecule has 0 aliphatic carbocycles. The number of nitrogens with one attached hydrogen (secondary N) is 1. The minimum Gasteiger partial charge on any atom is -0.271 e. The van der Waals surface area contributed by atoms with Crippen molar-refractivity contribution in [1.82, 2.24) is 5.43 Å². The molecular formula is C8H18N2. The van der Waals surface area contributed by atoms with Crippen molar-refractivity contribution < 1.29 is 0 Å². The normalized spacial score (nSPS) is 11.0. The van der Waals surface area contributed by atoms with Crippen LogP contribution in [0.3, 0.4) is 0 Å². The molecule has 0 bridgehead atoms. The Morgan fingerprint density at radius 3 is 2.70 bits per heavy atom. The van der Waals surface area contributed by atoms with Crippen LogP contribution in [0.2, 0.25) is 0 Å². The van der Waals surface area contributed by atoms with Crippen molar-refractivity contribution in [3.05, 3.63) is 12.2 Å². The second kappa shape index (κ2) is 8.66. The van der Waals surface area contributed by atoms with Gasteiger partial charge in [-0.15, -0.1) is 0 Å². The van der Waals surface area contributed by atoms with Crippen molar-refractivity contribution in [1.29, 1.82) is 0 Å². The summed E-state index contributed by atoms with van der Waals surface area (Å²) in [6.45, 7) is 3.00. The van der Waals surface area contributed by atoms with Gasteiger partial charge in [0, 0.05) is 6.54 Å². The van der Waals surface area contributed by atoms with Gasteiger partial charge >= 0.3 is 0 Å². The zero-order chi connectivity index (χ0) is 7.66. The quantitative estimate of drug-likeness (QED) is 0.256. The van der Waals surface area contributed by atoms with Gasteiger partial charge in [-0.25, -0.2) is 0 Å².